The van der Waals surface area contributed by atoms with Crippen LogP contribution in [0.5, 0.6) is 0 Å². The van der Waals surface area contributed by atoms with Gasteiger partial charge in [0.1, 0.15) is 5.82 Å². The molecule has 2 rings (SSSR count). The van der Waals surface area contributed by atoms with E-state index in [0.29, 0.717) is 0 Å². The summed E-state index contributed by atoms with van der Waals surface area (Å²) in [6.07, 6.45) is 1.77. The highest BCUT2D eigenvalue weighted by Gasteiger charge is 2.18. The molecule has 1 saturated heterocycles. The molecule has 0 amide bonds. The molecule has 0 radical (unpaired) electrons. The van der Waals surface area contributed by atoms with Crippen LogP contribution in [0.2, 0.25) is 0 Å². The molecule has 2 heterocycles. The minimum Gasteiger partial charge on any atom is -0.397 e. The number of likely N-dealkylation sites (N-methyl/N-ethyl adjacent to an activating group) is 1. The van der Waals surface area contributed by atoms with Crippen LogP contribution in [-0.4, -0.2) is 68.1 Å². The number of hydrogen-bond acceptors (Lipinski definition) is 5. The quantitative estimate of drug-likeness (QED) is 0.864. The third-order valence-electron chi connectivity index (χ3n) is 3.70. The average molecular weight is 263 g/mol. The fourth-order valence-electron chi connectivity index (χ4n) is 2.27. The predicted molar refractivity (Wildman–Crippen MR) is 80.6 cm³/mol. The zero-order valence-electron chi connectivity index (χ0n) is 12.3. The van der Waals surface area contributed by atoms with E-state index in [1.165, 1.54) is 0 Å². The summed E-state index contributed by atoms with van der Waals surface area (Å²) < 4.78 is 0. The maximum atomic E-state index is 5.81. The SMILES string of the molecule is Cc1cc(N2CCN(CCN(C)C)CC2)ncc1N. The van der Waals surface area contributed by atoms with Gasteiger partial charge in [0.05, 0.1) is 11.9 Å². The molecule has 106 valence electrons. The molecule has 1 aliphatic heterocycles. The van der Waals surface area contributed by atoms with Gasteiger partial charge in [-0.3, -0.25) is 4.90 Å². The molecule has 0 saturated carbocycles. The van der Waals surface area contributed by atoms with Crippen molar-refractivity contribution in [3.63, 3.8) is 0 Å². The zero-order valence-corrected chi connectivity index (χ0v) is 12.3. The van der Waals surface area contributed by atoms with Gasteiger partial charge in [-0.15, -0.1) is 0 Å². The van der Waals surface area contributed by atoms with Gasteiger partial charge < -0.3 is 15.5 Å². The molecule has 1 aromatic rings. The lowest BCUT2D eigenvalue weighted by atomic mass is 10.2. The second-order valence-corrected chi connectivity index (χ2v) is 5.53. The van der Waals surface area contributed by atoms with Crippen molar-refractivity contribution < 1.29 is 0 Å². The van der Waals surface area contributed by atoms with Crippen LogP contribution in [-0.2, 0) is 0 Å². The number of anilines is 2. The van der Waals surface area contributed by atoms with Crippen molar-refractivity contribution >= 4 is 11.5 Å². The summed E-state index contributed by atoms with van der Waals surface area (Å²) in [5, 5.41) is 0. The summed E-state index contributed by atoms with van der Waals surface area (Å²) in [6, 6.07) is 2.09. The molecule has 0 aliphatic carbocycles. The molecule has 19 heavy (non-hydrogen) atoms. The molecular weight excluding hydrogens is 238 g/mol. The van der Waals surface area contributed by atoms with Crippen molar-refractivity contribution in [1.29, 1.82) is 0 Å². The predicted octanol–water partition coefficient (Wildman–Crippen LogP) is 0.656. The first-order valence-electron chi connectivity index (χ1n) is 6.90. The minimum absolute atomic E-state index is 0.772. The van der Waals surface area contributed by atoms with Crippen molar-refractivity contribution in [2.75, 3.05) is 64.0 Å². The lowest BCUT2D eigenvalue weighted by molar-refractivity contribution is 0.229. The largest absolute Gasteiger partial charge is 0.397 e. The number of nitrogens with two attached hydrogens (primary N) is 1. The van der Waals surface area contributed by atoms with Gasteiger partial charge >= 0.3 is 0 Å². The van der Waals surface area contributed by atoms with E-state index in [1.807, 2.05) is 6.92 Å². The standard InChI is InChI=1S/C14H25N5/c1-12-10-14(16-11-13(12)15)19-8-6-18(7-9-19)5-4-17(2)3/h10-11H,4-9,15H2,1-3H3. The van der Waals surface area contributed by atoms with Crippen LogP contribution in [0, 0.1) is 6.92 Å². The zero-order chi connectivity index (χ0) is 13.8. The van der Waals surface area contributed by atoms with Crippen LogP contribution in [0.4, 0.5) is 11.5 Å². The Balaban J connectivity index is 1.87. The van der Waals surface area contributed by atoms with Gasteiger partial charge in [0, 0.05) is 39.3 Å². The number of pyridine rings is 1. The minimum atomic E-state index is 0.772. The van der Waals surface area contributed by atoms with Gasteiger partial charge in [-0.1, -0.05) is 0 Å². The van der Waals surface area contributed by atoms with Crippen molar-refractivity contribution in [1.82, 2.24) is 14.8 Å². The Morgan fingerprint density at radius 3 is 2.53 bits per heavy atom. The van der Waals surface area contributed by atoms with Gasteiger partial charge in [-0.05, 0) is 32.6 Å². The van der Waals surface area contributed by atoms with Crippen LogP contribution in [0.25, 0.3) is 0 Å². The molecule has 0 spiro atoms. The molecule has 1 fully saturated rings. The summed E-state index contributed by atoms with van der Waals surface area (Å²) in [6.45, 7) is 8.62. The number of aromatic nitrogens is 1. The second-order valence-electron chi connectivity index (χ2n) is 5.53. The Bertz CT molecular complexity index is 410. The van der Waals surface area contributed by atoms with Crippen LogP contribution in [0.15, 0.2) is 12.3 Å². The Morgan fingerprint density at radius 2 is 1.95 bits per heavy atom. The molecule has 0 atom stereocenters. The highest BCUT2D eigenvalue weighted by atomic mass is 15.3. The number of aryl methyl sites for hydroxylation is 1. The highest BCUT2D eigenvalue weighted by Crippen LogP contribution is 2.18. The summed E-state index contributed by atoms with van der Waals surface area (Å²) in [7, 11) is 4.24. The summed E-state index contributed by atoms with van der Waals surface area (Å²) in [5.74, 6) is 1.05. The van der Waals surface area contributed by atoms with Crippen LogP contribution < -0.4 is 10.6 Å². The Kier molecular flexibility index (Phi) is 4.61. The maximum Gasteiger partial charge on any atom is 0.128 e. The van der Waals surface area contributed by atoms with E-state index in [0.717, 1.165) is 56.3 Å². The summed E-state index contributed by atoms with van der Waals surface area (Å²) in [5.41, 5.74) is 7.70. The van der Waals surface area contributed by atoms with E-state index >= 15 is 0 Å². The molecular formula is C14H25N5. The summed E-state index contributed by atoms with van der Waals surface area (Å²) >= 11 is 0. The lowest BCUT2D eigenvalue weighted by Gasteiger charge is -2.36. The van der Waals surface area contributed by atoms with Crippen molar-refractivity contribution in [3.05, 3.63) is 17.8 Å². The smallest absolute Gasteiger partial charge is 0.128 e. The topological polar surface area (TPSA) is 48.6 Å². The Hall–Kier alpha value is -1.33. The number of nitrogen functional groups attached to an aromatic ring is 1. The molecule has 5 heteroatoms. The average Bonchev–Trinajstić information content (AvgIpc) is 2.40. The van der Waals surface area contributed by atoms with Gasteiger partial charge in [0.15, 0.2) is 0 Å². The van der Waals surface area contributed by atoms with Crippen LogP contribution in [0.1, 0.15) is 5.56 Å². The summed E-state index contributed by atoms with van der Waals surface area (Å²) in [4.78, 5) is 11.5. The van der Waals surface area contributed by atoms with E-state index in [1.54, 1.807) is 6.20 Å². The number of piperazine rings is 1. The first-order valence-corrected chi connectivity index (χ1v) is 6.90. The molecule has 1 aliphatic rings. The van der Waals surface area contributed by atoms with Gasteiger partial charge in [0.25, 0.3) is 0 Å². The first kappa shape index (κ1) is 14.1. The molecule has 1 aromatic heterocycles. The molecule has 0 aromatic carbocycles. The Labute approximate surface area is 116 Å². The Morgan fingerprint density at radius 1 is 1.26 bits per heavy atom. The maximum absolute atomic E-state index is 5.81. The van der Waals surface area contributed by atoms with Crippen LogP contribution in [0.3, 0.4) is 0 Å². The van der Waals surface area contributed by atoms with E-state index in [4.69, 9.17) is 5.73 Å². The molecule has 2 N–H and O–H groups in total. The van der Waals surface area contributed by atoms with Crippen LogP contribution >= 0.6 is 0 Å². The van der Waals surface area contributed by atoms with Crippen molar-refractivity contribution in [3.8, 4) is 0 Å². The molecule has 0 unspecified atom stereocenters. The highest BCUT2D eigenvalue weighted by molar-refractivity contribution is 5.52. The monoisotopic (exact) mass is 263 g/mol. The fraction of sp³-hybridized carbons (Fsp3) is 0.643. The third-order valence-corrected chi connectivity index (χ3v) is 3.70. The van der Waals surface area contributed by atoms with Gasteiger partial charge in [-0.2, -0.15) is 0 Å². The fourth-order valence-corrected chi connectivity index (χ4v) is 2.27. The molecule has 5 nitrogen and oxygen atoms in total. The van der Waals surface area contributed by atoms with Gasteiger partial charge in [0.2, 0.25) is 0 Å². The lowest BCUT2D eigenvalue weighted by Crippen LogP contribution is -2.48. The van der Waals surface area contributed by atoms with Gasteiger partial charge in [-0.25, -0.2) is 4.98 Å². The number of hydrogen-bond donors (Lipinski definition) is 1. The third kappa shape index (κ3) is 3.81. The first-order chi connectivity index (χ1) is 9.06. The van der Waals surface area contributed by atoms with E-state index < -0.39 is 0 Å². The number of rotatable bonds is 4. The number of nitrogens with zero attached hydrogens (tertiary/aromatic N) is 4. The van der Waals surface area contributed by atoms with E-state index in [2.05, 4.69) is 39.8 Å². The van der Waals surface area contributed by atoms with E-state index in [9.17, 15) is 0 Å². The van der Waals surface area contributed by atoms with Crippen molar-refractivity contribution in [2.45, 2.75) is 6.92 Å². The van der Waals surface area contributed by atoms with Crippen molar-refractivity contribution in [2.24, 2.45) is 0 Å². The molecule has 0 bridgehead atoms. The van der Waals surface area contributed by atoms with E-state index in [-0.39, 0.29) is 0 Å². The normalized spacial score (nSPS) is 17.2. The second kappa shape index (κ2) is 6.21.